The van der Waals surface area contributed by atoms with E-state index >= 15 is 0 Å². The Morgan fingerprint density at radius 2 is 2.00 bits per heavy atom. The molecule has 9 heavy (non-hydrogen) atoms. The third-order valence-electron chi connectivity index (χ3n) is 1.29. The molecule has 0 rings (SSSR count). The first-order valence-corrected chi connectivity index (χ1v) is 3.14. The molecule has 1 heteroatoms. The molecule has 0 saturated heterocycles. The largest absolute Gasteiger partial charge is 0.389 e. The van der Waals surface area contributed by atoms with E-state index in [0.717, 1.165) is 6.42 Å². The maximum absolute atomic E-state index is 8.99. The lowest BCUT2D eigenvalue weighted by Gasteiger charge is -2.07. The van der Waals surface area contributed by atoms with Crippen molar-refractivity contribution in [2.45, 2.75) is 19.4 Å². The van der Waals surface area contributed by atoms with Gasteiger partial charge in [-0.25, -0.2) is 0 Å². The van der Waals surface area contributed by atoms with Crippen LogP contribution in [-0.2, 0) is 0 Å². The van der Waals surface area contributed by atoms with Crippen LogP contribution in [-0.4, -0.2) is 11.2 Å². The molecule has 2 atom stereocenters. The first-order valence-electron chi connectivity index (χ1n) is 3.14. The summed E-state index contributed by atoms with van der Waals surface area (Å²) in [6.45, 7) is 9.08. The van der Waals surface area contributed by atoms with Crippen molar-refractivity contribution in [2.75, 3.05) is 0 Å². The minimum Gasteiger partial charge on any atom is -0.389 e. The number of allylic oxidation sites excluding steroid dienone is 1. The minimum atomic E-state index is -0.377. The normalized spacial score (nSPS) is 16.2. The standard InChI is InChI=1S/C8H14O/c1-4-7(3)6-8(9)5-2/h4-5,7-9H,1-2,6H2,3H3. The van der Waals surface area contributed by atoms with E-state index in [-0.39, 0.29) is 6.10 Å². The second-order valence-corrected chi connectivity index (χ2v) is 2.25. The second kappa shape index (κ2) is 4.33. The van der Waals surface area contributed by atoms with Gasteiger partial charge in [-0.3, -0.25) is 0 Å². The Morgan fingerprint density at radius 1 is 1.44 bits per heavy atom. The van der Waals surface area contributed by atoms with E-state index in [1.165, 1.54) is 0 Å². The van der Waals surface area contributed by atoms with Crippen molar-refractivity contribution in [1.82, 2.24) is 0 Å². The Bertz CT molecular complexity index is 84.7. The van der Waals surface area contributed by atoms with Crippen molar-refractivity contribution >= 4 is 0 Å². The third kappa shape index (κ3) is 3.98. The van der Waals surface area contributed by atoms with E-state index < -0.39 is 0 Å². The molecule has 0 spiro atoms. The highest BCUT2D eigenvalue weighted by Crippen LogP contribution is 2.06. The van der Waals surface area contributed by atoms with Crippen LogP contribution in [0, 0.1) is 5.92 Å². The fourth-order valence-electron chi connectivity index (χ4n) is 0.573. The number of rotatable bonds is 4. The van der Waals surface area contributed by atoms with Gasteiger partial charge in [-0.2, -0.15) is 0 Å². The Kier molecular flexibility index (Phi) is 4.06. The van der Waals surface area contributed by atoms with Crippen molar-refractivity contribution in [2.24, 2.45) is 5.92 Å². The Balaban J connectivity index is 3.45. The van der Waals surface area contributed by atoms with Gasteiger partial charge in [0, 0.05) is 0 Å². The van der Waals surface area contributed by atoms with Crippen LogP contribution in [0.5, 0.6) is 0 Å². The quantitative estimate of drug-likeness (QED) is 0.569. The number of aliphatic hydroxyl groups is 1. The molecular weight excluding hydrogens is 112 g/mol. The van der Waals surface area contributed by atoms with Gasteiger partial charge in [0.1, 0.15) is 0 Å². The van der Waals surface area contributed by atoms with Gasteiger partial charge in [0.25, 0.3) is 0 Å². The fraction of sp³-hybridized carbons (Fsp3) is 0.500. The highest BCUT2D eigenvalue weighted by atomic mass is 16.3. The summed E-state index contributed by atoms with van der Waals surface area (Å²) >= 11 is 0. The highest BCUT2D eigenvalue weighted by Gasteiger charge is 2.01. The molecule has 0 aliphatic carbocycles. The Labute approximate surface area is 56.7 Å². The van der Waals surface area contributed by atoms with Crippen LogP contribution in [0.3, 0.4) is 0 Å². The molecule has 0 bridgehead atoms. The molecule has 0 aromatic heterocycles. The lowest BCUT2D eigenvalue weighted by atomic mass is 10.0. The van der Waals surface area contributed by atoms with Gasteiger partial charge in [-0.15, -0.1) is 13.2 Å². The monoisotopic (exact) mass is 126 g/mol. The molecule has 1 N–H and O–H groups in total. The minimum absolute atomic E-state index is 0.373. The van der Waals surface area contributed by atoms with Crippen LogP contribution in [0.1, 0.15) is 13.3 Å². The first kappa shape index (κ1) is 8.44. The summed E-state index contributed by atoms with van der Waals surface area (Å²) in [5.41, 5.74) is 0. The van der Waals surface area contributed by atoms with Crippen LogP contribution in [0.15, 0.2) is 25.3 Å². The molecule has 2 unspecified atom stereocenters. The van der Waals surface area contributed by atoms with E-state index in [9.17, 15) is 0 Å². The van der Waals surface area contributed by atoms with Crippen molar-refractivity contribution < 1.29 is 5.11 Å². The van der Waals surface area contributed by atoms with E-state index in [1.54, 1.807) is 6.08 Å². The Hall–Kier alpha value is -0.560. The lowest BCUT2D eigenvalue weighted by Crippen LogP contribution is -2.05. The molecule has 0 aromatic rings. The first-order chi connectivity index (χ1) is 4.20. The van der Waals surface area contributed by atoms with Crippen LogP contribution in [0.4, 0.5) is 0 Å². The molecule has 0 saturated carbocycles. The summed E-state index contributed by atoms with van der Waals surface area (Å²) in [4.78, 5) is 0. The predicted octanol–water partition coefficient (Wildman–Crippen LogP) is 1.75. The van der Waals surface area contributed by atoms with Crippen molar-refractivity contribution in [3.63, 3.8) is 0 Å². The highest BCUT2D eigenvalue weighted by molar-refractivity contribution is 4.84. The zero-order valence-electron chi connectivity index (χ0n) is 5.88. The summed E-state index contributed by atoms with van der Waals surface area (Å²) in [7, 11) is 0. The summed E-state index contributed by atoms with van der Waals surface area (Å²) in [5.74, 6) is 0.373. The van der Waals surface area contributed by atoms with Crippen LogP contribution < -0.4 is 0 Å². The van der Waals surface area contributed by atoms with Crippen molar-refractivity contribution in [3.05, 3.63) is 25.3 Å². The average molecular weight is 126 g/mol. The van der Waals surface area contributed by atoms with Gasteiger partial charge < -0.3 is 5.11 Å². The zero-order valence-corrected chi connectivity index (χ0v) is 5.88. The molecule has 1 nitrogen and oxygen atoms in total. The molecule has 0 amide bonds. The van der Waals surface area contributed by atoms with Crippen molar-refractivity contribution in [1.29, 1.82) is 0 Å². The van der Waals surface area contributed by atoms with E-state index in [2.05, 4.69) is 13.2 Å². The maximum Gasteiger partial charge on any atom is 0.0723 e. The average Bonchev–Trinajstić information content (AvgIpc) is 1.87. The molecule has 52 valence electrons. The Morgan fingerprint density at radius 3 is 2.33 bits per heavy atom. The fourth-order valence-corrected chi connectivity index (χ4v) is 0.573. The van der Waals surface area contributed by atoms with Gasteiger partial charge in [0.2, 0.25) is 0 Å². The van der Waals surface area contributed by atoms with Crippen LogP contribution in [0.2, 0.25) is 0 Å². The van der Waals surface area contributed by atoms with E-state index in [1.807, 2.05) is 13.0 Å². The summed E-state index contributed by atoms with van der Waals surface area (Å²) in [6, 6.07) is 0. The molecular formula is C8H14O. The van der Waals surface area contributed by atoms with Gasteiger partial charge in [0.05, 0.1) is 6.10 Å². The van der Waals surface area contributed by atoms with E-state index in [0.29, 0.717) is 5.92 Å². The van der Waals surface area contributed by atoms with Gasteiger partial charge in [-0.05, 0) is 12.3 Å². The molecule has 0 aliphatic heterocycles. The lowest BCUT2D eigenvalue weighted by molar-refractivity contribution is 0.200. The molecule has 0 aliphatic rings. The van der Waals surface area contributed by atoms with Crippen LogP contribution in [0.25, 0.3) is 0 Å². The summed E-state index contributed by atoms with van der Waals surface area (Å²) in [6.07, 6.45) is 3.72. The topological polar surface area (TPSA) is 20.2 Å². The number of hydrogen-bond acceptors (Lipinski definition) is 1. The molecule has 0 heterocycles. The SMILES string of the molecule is C=CC(C)CC(O)C=C. The van der Waals surface area contributed by atoms with Crippen LogP contribution >= 0.6 is 0 Å². The summed E-state index contributed by atoms with van der Waals surface area (Å²) in [5, 5.41) is 8.99. The second-order valence-electron chi connectivity index (χ2n) is 2.25. The molecule has 0 aromatic carbocycles. The number of hydrogen-bond donors (Lipinski definition) is 1. The number of aliphatic hydroxyl groups excluding tert-OH is 1. The molecule has 0 fully saturated rings. The maximum atomic E-state index is 8.99. The van der Waals surface area contributed by atoms with E-state index in [4.69, 9.17) is 5.11 Å². The van der Waals surface area contributed by atoms with Gasteiger partial charge in [0.15, 0.2) is 0 Å². The van der Waals surface area contributed by atoms with Crippen molar-refractivity contribution in [3.8, 4) is 0 Å². The van der Waals surface area contributed by atoms with Gasteiger partial charge >= 0.3 is 0 Å². The van der Waals surface area contributed by atoms with Gasteiger partial charge in [-0.1, -0.05) is 19.1 Å². The predicted molar refractivity (Wildman–Crippen MR) is 40.2 cm³/mol. The third-order valence-corrected chi connectivity index (χ3v) is 1.29. The molecule has 0 radical (unpaired) electrons. The zero-order chi connectivity index (χ0) is 7.28. The smallest absolute Gasteiger partial charge is 0.0723 e. The summed E-state index contributed by atoms with van der Waals surface area (Å²) < 4.78 is 0.